The molecule has 0 amide bonds. The first kappa shape index (κ1) is 16.5. The molecule has 4 heterocycles. The van der Waals surface area contributed by atoms with Gasteiger partial charge < -0.3 is 9.30 Å². The summed E-state index contributed by atoms with van der Waals surface area (Å²) in [5.41, 5.74) is 2.18. The fourth-order valence-corrected chi connectivity index (χ4v) is 4.32. The number of ether oxygens (including phenoxy) is 1. The van der Waals surface area contributed by atoms with E-state index < -0.39 is 0 Å². The van der Waals surface area contributed by atoms with E-state index in [1.54, 1.807) is 11.3 Å². The first-order valence-corrected chi connectivity index (χ1v) is 9.99. The zero-order valence-corrected chi connectivity index (χ0v) is 15.9. The molecule has 1 aliphatic rings. The Morgan fingerprint density at radius 3 is 2.89 bits per heavy atom. The maximum atomic E-state index is 5.39. The number of nitrogens with zero attached hydrogens (tertiary/aromatic N) is 3. The molecule has 1 aliphatic heterocycles. The van der Waals surface area contributed by atoms with Crippen molar-refractivity contribution in [1.82, 2.24) is 14.5 Å². The van der Waals surface area contributed by atoms with Crippen LogP contribution in [0.25, 0.3) is 32.2 Å². The summed E-state index contributed by atoms with van der Waals surface area (Å²) in [7, 11) is 2.03. The van der Waals surface area contributed by atoms with Gasteiger partial charge >= 0.3 is 0 Å². The number of hydrogen-bond acceptors (Lipinski definition) is 4. The molecular weight excluding hydrogens is 354 g/mol. The van der Waals surface area contributed by atoms with E-state index >= 15 is 0 Å². The van der Waals surface area contributed by atoms with Gasteiger partial charge in [0.25, 0.3) is 0 Å². The van der Waals surface area contributed by atoms with Crippen molar-refractivity contribution in [2.45, 2.75) is 12.8 Å². The summed E-state index contributed by atoms with van der Waals surface area (Å²) in [4.78, 5) is 10.2. The highest BCUT2D eigenvalue weighted by Gasteiger charge is 2.11. The Labute approximate surface area is 161 Å². The molecule has 1 saturated heterocycles. The minimum Gasteiger partial charge on any atom is -0.381 e. The molecule has 4 aromatic rings. The molecule has 0 N–H and O–H groups in total. The van der Waals surface area contributed by atoms with Crippen molar-refractivity contribution in [3.63, 3.8) is 0 Å². The highest BCUT2D eigenvalue weighted by Crippen LogP contribution is 2.31. The van der Waals surface area contributed by atoms with E-state index in [1.165, 1.54) is 16.3 Å². The number of benzene rings is 1. The highest BCUT2D eigenvalue weighted by atomic mass is 32.1. The molecule has 134 valence electrons. The molecule has 0 bridgehead atoms. The summed E-state index contributed by atoms with van der Waals surface area (Å²) in [6, 6.07) is 8.65. The molecule has 1 aromatic carbocycles. The maximum Gasteiger partial charge on any atom is 0.167 e. The molecule has 4 nitrogen and oxygen atoms in total. The normalized spacial score (nSPS) is 15.1. The molecule has 0 radical (unpaired) electrons. The van der Waals surface area contributed by atoms with Gasteiger partial charge in [-0.3, -0.25) is 0 Å². The van der Waals surface area contributed by atoms with Crippen LogP contribution in [0.3, 0.4) is 0 Å². The van der Waals surface area contributed by atoms with Gasteiger partial charge in [-0.25, -0.2) is 9.97 Å². The van der Waals surface area contributed by atoms with Crippen molar-refractivity contribution in [3.8, 4) is 22.3 Å². The average molecular weight is 373 g/mol. The van der Waals surface area contributed by atoms with Gasteiger partial charge in [0.05, 0.1) is 4.88 Å². The Morgan fingerprint density at radius 2 is 2.00 bits per heavy atom. The van der Waals surface area contributed by atoms with Crippen molar-refractivity contribution >= 4 is 33.1 Å². The van der Waals surface area contributed by atoms with Crippen molar-refractivity contribution in [2.24, 2.45) is 13.0 Å². The molecular formula is C22H19N3OS. The van der Waals surface area contributed by atoms with E-state index in [1.807, 2.05) is 19.4 Å². The molecule has 0 unspecified atom stereocenters. The second-order valence-electron chi connectivity index (χ2n) is 6.91. The lowest BCUT2D eigenvalue weighted by atomic mass is 10.0. The van der Waals surface area contributed by atoms with E-state index in [4.69, 9.17) is 4.74 Å². The van der Waals surface area contributed by atoms with E-state index in [0.717, 1.165) is 47.0 Å². The minimum absolute atomic E-state index is 0.436. The van der Waals surface area contributed by atoms with Crippen LogP contribution in [0.1, 0.15) is 17.8 Å². The fourth-order valence-electron chi connectivity index (χ4n) is 3.55. The number of fused-ring (bicyclic) bond motifs is 3. The summed E-state index contributed by atoms with van der Waals surface area (Å²) < 4.78 is 7.45. The van der Waals surface area contributed by atoms with Crippen molar-refractivity contribution in [1.29, 1.82) is 0 Å². The van der Waals surface area contributed by atoms with E-state index in [2.05, 4.69) is 56.8 Å². The van der Waals surface area contributed by atoms with E-state index in [-0.39, 0.29) is 0 Å². The summed E-state index contributed by atoms with van der Waals surface area (Å²) in [6.07, 6.45) is 7.98. The largest absolute Gasteiger partial charge is 0.381 e. The summed E-state index contributed by atoms with van der Waals surface area (Å²) in [5.74, 6) is 7.07. The Kier molecular flexibility index (Phi) is 4.16. The third kappa shape index (κ3) is 3.12. The predicted octanol–water partition coefficient (Wildman–Crippen LogP) is 4.63. The number of thiazole rings is 1. The number of rotatable bonds is 1. The van der Waals surface area contributed by atoms with Gasteiger partial charge in [-0.1, -0.05) is 18.1 Å². The zero-order valence-electron chi connectivity index (χ0n) is 15.1. The van der Waals surface area contributed by atoms with Crippen LogP contribution in [0, 0.1) is 17.8 Å². The Bertz CT molecular complexity index is 1190. The Morgan fingerprint density at radius 1 is 1.11 bits per heavy atom. The number of pyridine rings is 1. The predicted molar refractivity (Wildman–Crippen MR) is 110 cm³/mol. The molecule has 27 heavy (non-hydrogen) atoms. The van der Waals surface area contributed by atoms with Crippen LogP contribution in [0.4, 0.5) is 0 Å². The number of aryl methyl sites for hydroxylation is 1. The minimum atomic E-state index is 0.436. The SMILES string of the molecule is Cn1ccc2c3cc(-c4cnc(C#CC5CCOCC5)s4)ccc3cnc21. The molecule has 5 heteroatoms. The van der Waals surface area contributed by atoms with Crippen molar-refractivity contribution < 1.29 is 4.74 Å². The van der Waals surface area contributed by atoms with E-state index in [0.29, 0.717) is 5.92 Å². The van der Waals surface area contributed by atoms with Gasteiger partial charge in [-0.15, -0.1) is 11.3 Å². The maximum absolute atomic E-state index is 5.39. The number of hydrogen-bond donors (Lipinski definition) is 0. The van der Waals surface area contributed by atoms with Crippen LogP contribution in [-0.4, -0.2) is 27.7 Å². The second kappa shape index (κ2) is 6.80. The van der Waals surface area contributed by atoms with Crippen LogP contribution in [0.15, 0.2) is 42.9 Å². The molecule has 5 rings (SSSR count). The quantitative estimate of drug-likeness (QED) is 0.457. The third-order valence-corrected chi connectivity index (χ3v) is 6.07. The third-order valence-electron chi connectivity index (χ3n) is 5.10. The first-order chi connectivity index (χ1) is 13.3. The smallest absolute Gasteiger partial charge is 0.167 e. The number of aromatic nitrogens is 3. The van der Waals surface area contributed by atoms with Crippen LogP contribution in [0.2, 0.25) is 0 Å². The highest BCUT2D eigenvalue weighted by molar-refractivity contribution is 7.15. The lowest BCUT2D eigenvalue weighted by molar-refractivity contribution is 0.0807. The fraction of sp³-hybridized carbons (Fsp3) is 0.273. The van der Waals surface area contributed by atoms with Crippen LogP contribution >= 0.6 is 11.3 Å². The van der Waals surface area contributed by atoms with Crippen LogP contribution in [-0.2, 0) is 11.8 Å². The molecule has 0 aliphatic carbocycles. The van der Waals surface area contributed by atoms with Gasteiger partial charge in [0, 0.05) is 55.5 Å². The second-order valence-corrected chi connectivity index (χ2v) is 7.94. The molecule has 3 aromatic heterocycles. The summed E-state index contributed by atoms with van der Waals surface area (Å²) in [5, 5.41) is 4.44. The zero-order chi connectivity index (χ0) is 18.2. The molecule has 1 fully saturated rings. The van der Waals surface area contributed by atoms with Crippen molar-refractivity contribution in [2.75, 3.05) is 13.2 Å². The lowest BCUT2D eigenvalue weighted by Gasteiger charge is -2.16. The van der Waals surface area contributed by atoms with Crippen LogP contribution in [0.5, 0.6) is 0 Å². The van der Waals surface area contributed by atoms with Gasteiger partial charge in [-0.2, -0.15) is 0 Å². The molecule has 0 spiro atoms. The van der Waals surface area contributed by atoms with E-state index in [9.17, 15) is 0 Å². The first-order valence-electron chi connectivity index (χ1n) is 9.17. The van der Waals surface area contributed by atoms with Gasteiger partial charge in [0.1, 0.15) is 5.65 Å². The lowest BCUT2D eigenvalue weighted by Crippen LogP contribution is -2.13. The molecule has 0 saturated carbocycles. The van der Waals surface area contributed by atoms with Gasteiger partial charge in [0.2, 0.25) is 0 Å². The van der Waals surface area contributed by atoms with Gasteiger partial charge in [-0.05, 0) is 41.8 Å². The summed E-state index contributed by atoms with van der Waals surface area (Å²) in [6.45, 7) is 1.64. The Balaban J connectivity index is 1.49. The summed E-state index contributed by atoms with van der Waals surface area (Å²) >= 11 is 1.66. The van der Waals surface area contributed by atoms with Crippen molar-refractivity contribution in [3.05, 3.63) is 47.9 Å². The monoisotopic (exact) mass is 373 g/mol. The average Bonchev–Trinajstić information content (AvgIpc) is 3.34. The Hall–Kier alpha value is -2.68. The topological polar surface area (TPSA) is 39.9 Å². The standard InChI is InChI=1S/C22H19N3OS/c1-25-9-6-18-19-12-16(3-4-17(19)13-24-22(18)25)20-14-23-21(27-20)5-2-15-7-10-26-11-8-15/h3-4,6,9,12-15H,7-8,10-11H2,1H3. The molecule has 0 atom stereocenters. The van der Waals surface area contributed by atoms with Crippen LogP contribution < -0.4 is 0 Å². The van der Waals surface area contributed by atoms with Gasteiger partial charge in [0.15, 0.2) is 5.01 Å².